The molecular weight excluding hydrogens is 244 g/mol. The Hall–Kier alpha value is -2.41. The lowest BCUT2D eigenvalue weighted by molar-refractivity contribution is 0.183. The standard InChI is InChI=1S/C12H14N6O/c1-19-7-6-17-9-10(8-13-17)14-12-15-11-4-2-3-5-18(11)16-12/h2-5,8-9H,6-7H2,1H3,(H,14,16). The third-order valence-electron chi connectivity index (χ3n) is 2.66. The highest BCUT2D eigenvalue weighted by atomic mass is 16.5. The highest BCUT2D eigenvalue weighted by molar-refractivity contribution is 5.53. The quantitative estimate of drug-likeness (QED) is 0.747. The van der Waals surface area contributed by atoms with Crippen LogP contribution in [-0.4, -0.2) is 38.1 Å². The molecule has 19 heavy (non-hydrogen) atoms. The van der Waals surface area contributed by atoms with Gasteiger partial charge in [-0.2, -0.15) is 10.1 Å². The highest BCUT2D eigenvalue weighted by Crippen LogP contribution is 2.12. The Morgan fingerprint density at radius 1 is 1.37 bits per heavy atom. The highest BCUT2D eigenvalue weighted by Gasteiger charge is 2.04. The lowest BCUT2D eigenvalue weighted by atomic mass is 10.5. The molecule has 3 aromatic heterocycles. The first kappa shape index (κ1) is 11.7. The molecule has 0 atom stereocenters. The normalized spacial score (nSPS) is 11.0. The van der Waals surface area contributed by atoms with Crippen LogP contribution in [0.2, 0.25) is 0 Å². The SMILES string of the molecule is COCCn1cc(Nc2nc3ccccn3n2)cn1. The molecule has 0 aliphatic rings. The maximum absolute atomic E-state index is 5.00. The summed E-state index contributed by atoms with van der Waals surface area (Å²) in [6.07, 6.45) is 5.49. The maximum atomic E-state index is 5.00. The predicted molar refractivity (Wildman–Crippen MR) is 70.4 cm³/mol. The van der Waals surface area contributed by atoms with Crippen molar-refractivity contribution in [1.82, 2.24) is 24.4 Å². The molecule has 98 valence electrons. The molecule has 0 unspecified atom stereocenters. The molecule has 0 aliphatic carbocycles. The molecule has 1 N–H and O–H groups in total. The van der Waals surface area contributed by atoms with Gasteiger partial charge in [0.15, 0.2) is 5.65 Å². The number of hydrogen-bond donors (Lipinski definition) is 1. The van der Waals surface area contributed by atoms with Crippen molar-refractivity contribution < 1.29 is 4.74 Å². The fraction of sp³-hybridized carbons (Fsp3) is 0.250. The molecule has 3 aromatic rings. The fourth-order valence-corrected chi connectivity index (χ4v) is 1.75. The van der Waals surface area contributed by atoms with Gasteiger partial charge in [0.05, 0.1) is 25.0 Å². The summed E-state index contributed by atoms with van der Waals surface area (Å²) in [7, 11) is 1.67. The number of rotatable bonds is 5. The number of pyridine rings is 1. The van der Waals surface area contributed by atoms with E-state index in [0.717, 1.165) is 17.9 Å². The zero-order valence-electron chi connectivity index (χ0n) is 10.5. The van der Waals surface area contributed by atoms with Crippen molar-refractivity contribution in [1.29, 1.82) is 0 Å². The summed E-state index contributed by atoms with van der Waals surface area (Å²) in [4.78, 5) is 4.36. The van der Waals surface area contributed by atoms with E-state index in [2.05, 4.69) is 20.5 Å². The van der Waals surface area contributed by atoms with Crippen molar-refractivity contribution in [2.75, 3.05) is 19.0 Å². The third kappa shape index (κ3) is 2.55. The second-order valence-electron chi connectivity index (χ2n) is 4.05. The van der Waals surface area contributed by atoms with Gasteiger partial charge in [-0.05, 0) is 12.1 Å². The molecular formula is C12H14N6O. The fourth-order valence-electron chi connectivity index (χ4n) is 1.75. The van der Waals surface area contributed by atoms with Crippen LogP contribution < -0.4 is 5.32 Å². The average Bonchev–Trinajstić information content (AvgIpc) is 3.02. The molecule has 7 heteroatoms. The van der Waals surface area contributed by atoms with E-state index in [4.69, 9.17) is 4.74 Å². The number of methoxy groups -OCH3 is 1. The van der Waals surface area contributed by atoms with E-state index in [-0.39, 0.29) is 0 Å². The monoisotopic (exact) mass is 258 g/mol. The number of hydrogen-bond acceptors (Lipinski definition) is 5. The van der Waals surface area contributed by atoms with E-state index < -0.39 is 0 Å². The molecule has 0 saturated carbocycles. The first-order valence-corrected chi connectivity index (χ1v) is 5.95. The zero-order chi connectivity index (χ0) is 13.1. The Labute approximate surface area is 109 Å². The van der Waals surface area contributed by atoms with Crippen LogP contribution in [0.4, 0.5) is 11.6 Å². The minimum atomic E-state index is 0.553. The Bertz CT molecular complexity index is 640. The van der Waals surface area contributed by atoms with Crippen molar-refractivity contribution >= 4 is 17.3 Å². The second-order valence-corrected chi connectivity index (χ2v) is 4.05. The lowest BCUT2D eigenvalue weighted by Crippen LogP contribution is -2.03. The van der Waals surface area contributed by atoms with Gasteiger partial charge < -0.3 is 10.1 Å². The summed E-state index contributed by atoms with van der Waals surface area (Å²) in [5.74, 6) is 0.553. The van der Waals surface area contributed by atoms with Crippen LogP contribution in [0.3, 0.4) is 0 Å². The van der Waals surface area contributed by atoms with Crippen molar-refractivity contribution in [3.05, 3.63) is 36.8 Å². The molecule has 0 aliphatic heterocycles. The van der Waals surface area contributed by atoms with Gasteiger partial charge in [-0.1, -0.05) is 6.07 Å². The molecule has 0 aromatic carbocycles. The Morgan fingerprint density at radius 3 is 3.16 bits per heavy atom. The van der Waals surface area contributed by atoms with Crippen molar-refractivity contribution in [3.63, 3.8) is 0 Å². The zero-order valence-corrected chi connectivity index (χ0v) is 10.5. The molecule has 0 fully saturated rings. The number of anilines is 2. The number of nitrogens with zero attached hydrogens (tertiary/aromatic N) is 5. The molecule has 3 rings (SSSR count). The number of fused-ring (bicyclic) bond motifs is 1. The molecule has 0 saturated heterocycles. The van der Waals surface area contributed by atoms with Crippen LogP contribution in [0.1, 0.15) is 0 Å². The minimum absolute atomic E-state index is 0.553. The van der Waals surface area contributed by atoms with Crippen LogP contribution in [-0.2, 0) is 11.3 Å². The van der Waals surface area contributed by atoms with E-state index in [9.17, 15) is 0 Å². The Morgan fingerprint density at radius 2 is 2.32 bits per heavy atom. The van der Waals surface area contributed by atoms with Gasteiger partial charge in [-0.15, -0.1) is 5.10 Å². The maximum Gasteiger partial charge on any atom is 0.247 e. The molecule has 0 radical (unpaired) electrons. The van der Waals surface area contributed by atoms with Gasteiger partial charge in [-0.25, -0.2) is 4.52 Å². The van der Waals surface area contributed by atoms with Crippen molar-refractivity contribution in [2.45, 2.75) is 6.54 Å². The summed E-state index contributed by atoms with van der Waals surface area (Å²) in [5.41, 5.74) is 1.66. The van der Waals surface area contributed by atoms with Gasteiger partial charge in [0.25, 0.3) is 0 Å². The predicted octanol–water partition coefficient (Wildman–Crippen LogP) is 1.32. The van der Waals surface area contributed by atoms with E-state index >= 15 is 0 Å². The van der Waals surface area contributed by atoms with Gasteiger partial charge in [0.1, 0.15) is 0 Å². The summed E-state index contributed by atoms with van der Waals surface area (Å²) in [6, 6.07) is 5.74. The summed E-state index contributed by atoms with van der Waals surface area (Å²) in [6.45, 7) is 1.35. The Balaban J connectivity index is 1.75. The minimum Gasteiger partial charge on any atom is -0.383 e. The van der Waals surface area contributed by atoms with Crippen LogP contribution in [0.5, 0.6) is 0 Å². The van der Waals surface area contributed by atoms with E-state index in [1.807, 2.05) is 35.3 Å². The number of aromatic nitrogens is 5. The van der Waals surface area contributed by atoms with Crippen LogP contribution in [0.25, 0.3) is 5.65 Å². The van der Waals surface area contributed by atoms with Gasteiger partial charge in [0, 0.05) is 19.5 Å². The second kappa shape index (κ2) is 5.07. The molecule has 0 bridgehead atoms. The first-order chi connectivity index (χ1) is 9.35. The van der Waals surface area contributed by atoms with Crippen molar-refractivity contribution in [2.24, 2.45) is 0 Å². The van der Waals surface area contributed by atoms with E-state index in [0.29, 0.717) is 12.6 Å². The largest absolute Gasteiger partial charge is 0.383 e. The molecule has 0 amide bonds. The topological polar surface area (TPSA) is 69.3 Å². The van der Waals surface area contributed by atoms with Gasteiger partial charge in [-0.3, -0.25) is 4.68 Å². The van der Waals surface area contributed by atoms with Crippen molar-refractivity contribution in [3.8, 4) is 0 Å². The summed E-state index contributed by atoms with van der Waals surface area (Å²) < 4.78 is 8.53. The first-order valence-electron chi connectivity index (χ1n) is 5.95. The number of ether oxygens (including phenoxy) is 1. The van der Waals surface area contributed by atoms with E-state index in [1.54, 1.807) is 17.8 Å². The van der Waals surface area contributed by atoms with Crippen LogP contribution >= 0.6 is 0 Å². The van der Waals surface area contributed by atoms with Gasteiger partial charge in [0.2, 0.25) is 5.95 Å². The summed E-state index contributed by atoms with van der Waals surface area (Å²) in [5, 5.41) is 11.7. The third-order valence-corrected chi connectivity index (χ3v) is 2.66. The Kier molecular flexibility index (Phi) is 3.11. The lowest BCUT2D eigenvalue weighted by Gasteiger charge is -1.98. The molecule has 3 heterocycles. The molecule has 0 spiro atoms. The van der Waals surface area contributed by atoms with Crippen LogP contribution in [0.15, 0.2) is 36.8 Å². The number of nitrogens with one attached hydrogen (secondary N) is 1. The van der Waals surface area contributed by atoms with Gasteiger partial charge >= 0.3 is 0 Å². The average molecular weight is 258 g/mol. The molecule has 7 nitrogen and oxygen atoms in total. The summed E-state index contributed by atoms with van der Waals surface area (Å²) >= 11 is 0. The van der Waals surface area contributed by atoms with Crippen LogP contribution in [0, 0.1) is 0 Å². The smallest absolute Gasteiger partial charge is 0.247 e. The van der Waals surface area contributed by atoms with E-state index in [1.165, 1.54) is 0 Å².